The second-order valence-electron chi connectivity index (χ2n) is 7.12. The SMILES string of the molecule is O=C(c1cccnc1)N1CCCC1C1CCCN1Cc1ccccc1. The van der Waals surface area contributed by atoms with Gasteiger partial charge >= 0.3 is 0 Å². The lowest BCUT2D eigenvalue weighted by atomic mass is 10.0. The Bertz CT molecular complexity index is 704. The predicted molar refractivity (Wildman–Crippen MR) is 98.2 cm³/mol. The predicted octanol–water partition coefficient (Wildman–Crippen LogP) is 3.35. The van der Waals surface area contributed by atoms with Gasteiger partial charge in [0.25, 0.3) is 5.91 Å². The molecule has 0 spiro atoms. The van der Waals surface area contributed by atoms with Crippen LogP contribution >= 0.6 is 0 Å². The van der Waals surface area contributed by atoms with Crippen LogP contribution in [0.1, 0.15) is 41.6 Å². The van der Waals surface area contributed by atoms with E-state index in [-0.39, 0.29) is 5.91 Å². The number of carbonyl (C=O) groups excluding carboxylic acids is 1. The van der Waals surface area contributed by atoms with Gasteiger partial charge in [-0.05, 0) is 49.9 Å². The Morgan fingerprint density at radius 2 is 1.80 bits per heavy atom. The molecule has 2 aliphatic rings. The van der Waals surface area contributed by atoms with Gasteiger partial charge < -0.3 is 4.90 Å². The zero-order chi connectivity index (χ0) is 17.1. The third kappa shape index (κ3) is 3.45. The first-order valence-corrected chi connectivity index (χ1v) is 9.32. The summed E-state index contributed by atoms with van der Waals surface area (Å²) in [5, 5.41) is 0. The summed E-state index contributed by atoms with van der Waals surface area (Å²) in [5.41, 5.74) is 2.07. The molecule has 4 nitrogen and oxygen atoms in total. The van der Waals surface area contributed by atoms with Crippen molar-refractivity contribution < 1.29 is 4.79 Å². The van der Waals surface area contributed by atoms with Crippen LogP contribution in [0.4, 0.5) is 0 Å². The highest BCUT2D eigenvalue weighted by molar-refractivity contribution is 5.94. The topological polar surface area (TPSA) is 36.4 Å². The van der Waals surface area contributed by atoms with E-state index in [0.29, 0.717) is 17.6 Å². The van der Waals surface area contributed by atoms with Crippen LogP contribution in [0.2, 0.25) is 0 Å². The summed E-state index contributed by atoms with van der Waals surface area (Å²) >= 11 is 0. The fourth-order valence-corrected chi connectivity index (χ4v) is 4.40. The highest BCUT2D eigenvalue weighted by Gasteiger charge is 2.39. The Hall–Kier alpha value is -2.20. The second-order valence-corrected chi connectivity index (χ2v) is 7.12. The van der Waals surface area contributed by atoms with E-state index in [1.807, 2.05) is 12.1 Å². The van der Waals surface area contributed by atoms with Crippen molar-refractivity contribution >= 4 is 5.91 Å². The van der Waals surface area contributed by atoms with Crippen LogP contribution in [-0.4, -0.2) is 45.9 Å². The van der Waals surface area contributed by atoms with E-state index in [4.69, 9.17) is 0 Å². The molecule has 130 valence electrons. The molecular formula is C21H25N3O. The molecule has 2 saturated heterocycles. The molecule has 0 aliphatic carbocycles. The van der Waals surface area contributed by atoms with E-state index in [1.165, 1.54) is 18.4 Å². The molecule has 1 aromatic carbocycles. The molecule has 2 fully saturated rings. The lowest BCUT2D eigenvalue weighted by molar-refractivity contribution is 0.0639. The van der Waals surface area contributed by atoms with Crippen LogP contribution in [0.25, 0.3) is 0 Å². The molecule has 25 heavy (non-hydrogen) atoms. The van der Waals surface area contributed by atoms with E-state index >= 15 is 0 Å². The minimum Gasteiger partial charge on any atom is -0.334 e. The van der Waals surface area contributed by atoms with Gasteiger partial charge in [-0.2, -0.15) is 0 Å². The smallest absolute Gasteiger partial charge is 0.255 e. The maximum absolute atomic E-state index is 12.9. The van der Waals surface area contributed by atoms with Crippen molar-refractivity contribution in [3.8, 4) is 0 Å². The van der Waals surface area contributed by atoms with Gasteiger partial charge in [0, 0.05) is 37.6 Å². The number of carbonyl (C=O) groups is 1. The molecule has 2 unspecified atom stereocenters. The summed E-state index contributed by atoms with van der Waals surface area (Å²) in [6.07, 6.45) is 8.04. The number of aromatic nitrogens is 1. The van der Waals surface area contributed by atoms with E-state index < -0.39 is 0 Å². The number of rotatable bonds is 4. The van der Waals surface area contributed by atoms with Crippen LogP contribution in [0.5, 0.6) is 0 Å². The maximum atomic E-state index is 12.9. The van der Waals surface area contributed by atoms with E-state index in [9.17, 15) is 4.79 Å². The van der Waals surface area contributed by atoms with Crippen molar-refractivity contribution in [1.82, 2.24) is 14.8 Å². The Labute approximate surface area is 149 Å². The molecule has 3 heterocycles. The molecule has 0 bridgehead atoms. The lowest BCUT2D eigenvalue weighted by Gasteiger charge is -2.35. The Kier molecular flexibility index (Phi) is 4.79. The summed E-state index contributed by atoms with van der Waals surface area (Å²) in [6, 6.07) is 15.2. The number of nitrogens with zero attached hydrogens (tertiary/aromatic N) is 3. The second kappa shape index (κ2) is 7.36. The van der Waals surface area contributed by atoms with Gasteiger partial charge in [-0.1, -0.05) is 30.3 Å². The molecule has 2 aromatic rings. The number of pyridine rings is 1. The third-order valence-electron chi connectivity index (χ3n) is 5.56. The summed E-state index contributed by atoms with van der Waals surface area (Å²) in [7, 11) is 0. The van der Waals surface area contributed by atoms with Crippen LogP contribution in [0, 0.1) is 0 Å². The first kappa shape index (κ1) is 16.3. The maximum Gasteiger partial charge on any atom is 0.255 e. The van der Waals surface area contributed by atoms with Crippen LogP contribution in [-0.2, 0) is 6.54 Å². The average molecular weight is 335 g/mol. The number of amides is 1. The van der Waals surface area contributed by atoms with Crippen molar-refractivity contribution in [3.63, 3.8) is 0 Å². The van der Waals surface area contributed by atoms with E-state index in [1.54, 1.807) is 12.4 Å². The minimum absolute atomic E-state index is 0.141. The van der Waals surface area contributed by atoms with Crippen molar-refractivity contribution in [1.29, 1.82) is 0 Å². The monoisotopic (exact) mass is 335 g/mol. The summed E-state index contributed by atoms with van der Waals surface area (Å²) in [6.45, 7) is 2.98. The van der Waals surface area contributed by atoms with Gasteiger partial charge in [-0.25, -0.2) is 0 Å². The first-order chi connectivity index (χ1) is 12.3. The molecule has 2 atom stereocenters. The van der Waals surface area contributed by atoms with Gasteiger partial charge in [0.2, 0.25) is 0 Å². The zero-order valence-electron chi connectivity index (χ0n) is 14.6. The van der Waals surface area contributed by atoms with Crippen molar-refractivity contribution in [3.05, 3.63) is 66.0 Å². The molecule has 4 heteroatoms. The highest BCUT2D eigenvalue weighted by atomic mass is 16.2. The molecule has 4 rings (SSSR count). The first-order valence-electron chi connectivity index (χ1n) is 9.32. The van der Waals surface area contributed by atoms with Crippen molar-refractivity contribution in [2.75, 3.05) is 13.1 Å². The van der Waals surface area contributed by atoms with Crippen LogP contribution in [0.15, 0.2) is 54.9 Å². The molecule has 0 saturated carbocycles. The molecule has 1 amide bonds. The Morgan fingerprint density at radius 3 is 2.60 bits per heavy atom. The molecule has 0 N–H and O–H groups in total. The molecule has 1 aromatic heterocycles. The van der Waals surface area contributed by atoms with E-state index in [2.05, 4.69) is 45.1 Å². The largest absolute Gasteiger partial charge is 0.334 e. The molecular weight excluding hydrogens is 310 g/mol. The Balaban J connectivity index is 1.50. The van der Waals surface area contributed by atoms with E-state index in [0.717, 1.165) is 32.5 Å². The third-order valence-corrected chi connectivity index (χ3v) is 5.56. The van der Waals surface area contributed by atoms with Gasteiger partial charge in [0.1, 0.15) is 0 Å². The highest BCUT2D eigenvalue weighted by Crippen LogP contribution is 2.31. The van der Waals surface area contributed by atoms with Crippen molar-refractivity contribution in [2.45, 2.75) is 44.3 Å². The van der Waals surface area contributed by atoms with Gasteiger partial charge in [-0.15, -0.1) is 0 Å². The normalized spacial score (nSPS) is 23.9. The van der Waals surface area contributed by atoms with Gasteiger partial charge in [-0.3, -0.25) is 14.7 Å². The summed E-state index contributed by atoms with van der Waals surface area (Å²) < 4.78 is 0. The fraction of sp³-hybridized carbons (Fsp3) is 0.429. The molecule has 0 radical (unpaired) electrons. The minimum atomic E-state index is 0.141. The number of hydrogen-bond acceptors (Lipinski definition) is 3. The zero-order valence-corrected chi connectivity index (χ0v) is 14.6. The van der Waals surface area contributed by atoms with Gasteiger partial charge in [0.15, 0.2) is 0 Å². The summed E-state index contributed by atoms with van der Waals surface area (Å²) in [5.74, 6) is 0.141. The summed E-state index contributed by atoms with van der Waals surface area (Å²) in [4.78, 5) is 21.7. The standard InChI is InChI=1S/C21H25N3O/c25-21(18-9-4-12-22-15-18)24-14-6-11-20(24)19-10-5-13-23(19)16-17-7-2-1-3-8-17/h1-4,7-9,12,15,19-20H,5-6,10-11,13-14,16H2. The molecule has 2 aliphatic heterocycles. The number of likely N-dealkylation sites (tertiary alicyclic amines) is 2. The van der Waals surface area contributed by atoms with Crippen LogP contribution < -0.4 is 0 Å². The Morgan fingerprint density at radius 1 is 1.00 bits per heavy atom. The van der Waals surface area contributed by atoms with Crippen LogP contribution in [0.3, 0.4) is 0 Å². The quantitative estimate of drug-likeness (QED) is 0.860. The average Bonchev–Trinajstić information content (AvgIpc) is 3.31. The lowest BCUT2D eigenvalue weighted by Crippen LogP contribution is -2.48. The fourth-order valence-electron chi connectivity index (χ4n) is 4.40. The number of benzene rings is 1. The van der Waals surface area contributed by atoms with Crippen molar-refractivity contribution in [2.24, 2.45) is 0 Å². The van der Waals surface area contributed by atoms with Gasteiger partial charge in [0.05, 0.1) is 5.56 Å². The number of hydrogen-bond donors (Lipinski definition) is 0.